The number of amides is 1. The smallest absolute Gasteiger partial charge is 0.235 e. The Bertz CT molecular complexity index is 1170. The predicted molar refractivity (Wildman–Crippen MR) is 126 cm³/mol. The molecule has 2 N–H and O–H groups in total. The van der Waals surface area contributed by atoms with Crippen molar-refractivity contribution >= 4 is 45.0 Å². The average Bonchev–Trinajstić information content (AvgIpc) is 3.30. The number of carbonyl (C=O) groups is 1. The first-order valence-corrected chi connectivity index (χ1v) is 12.1. The first-order chi connectivity index (χ1) is 14.8. The summed E-state index contributed by atoms with van der Waals surface area (Å²) in [5.41, 5.74) is 3.71. The van der Waals surface area contributed by atoms with Gasteiger partial charge in [0.2, 0.25) is 5.91 Å². The molecule has 0 saturated carbocycles. The summed E-state index contributed by atoms with van der Waals surface area (Å²) in [4.78, 5) is 21.6. The molecule has 1 aliphatic rings. The zero-order valence-corrected chi connectivity index (χ0v) is 19.8. The van der Waals surface area contributed by atoms with Gasteiger partial charge < -0.3 is 15.0 Å². The molecule has 31 heavy (non-hydrogen) atoms. The molecule has 4 rings (SSSR count). The first kappa shape index (κ1) is 21.7. The molecule has 8 heteroatoms. The van der Waals surface area contributed by atoms with Crippen molar-refractivity contribution in [3.05, 3.63) is 34.2 Å². The Labute approximate surface area is 190 Å². The van der Waals surface area contributed by atoms with Crippen LogP contribution in [0.3, 0.4) is 0 Å². The zero-order valence-electron chi connectivity index (χ0n) is 18.2. The van der Waals surface area contributed by atoms with Crippen LogP contribution in [0.25, 0.3) is 11.0 Å². The molecular formula is C23H26N4O2S2. The molecule has 1 aliphatic carbocycles. The Balaban J connectivity index is 1.43. The monoisotopic (exact) mass is 454 g/mol. The molecule has 0 spiro atoms. The van der Waals surface area contributed by atoms with Gasteiger partial charge in [-0.1, -0.05) is 32.5 Å². The van der Waals surface area contributed by atoms with Crippen LogP contribution in [0, 0.1) is 22.7 Å². The molecule has 1 aromatic carbocycles. The summed E-state index contributed by atoms with van der Waals surface area (Å²) < 4.78 is 5.23. The number of H-pyrrole nitrogens is 1. The highest BCUT2D eigenvalue weighted by molar-refractivity contribution is 7.99. The third-order valence-corrected chi connectivity index (χ3v) is 7.91. The number of thiophene rings is 1. The summed E-state index contributed by atoms with van der Waals surface area (Å²) >= 11 is 2.90. The summed E-state index contributed by atoms with van der Waals surface area (Å²) in [7, 11) is 1.62. The van der Waals surface area contributed by atoms with Gasteiger partial charge >= 0.3 is 0 Å². The van der Waals surface area contributed by atoms with Crippen molar-refractivity contribution in [1.29, 1.82) is 5.26 Å². The molecule has 0 radical (unpaired) electrons. The van der Waals surface area contributed by atoms with Crippen LogP contribution in [0.5, 0.6) is 5.75 Å². The summed E-state index contributed by atoms with van der Waals surface area (Å²) in [6, 6.07) is 7.95. The minimum absolute atomic E-state index is 0.134. The fraction of sp³-hybridized carbons (Fsp3) is 0.435. The number of hydrogen-bond donors (Lipinski definition) is 2. The first-order valence-electron chi connectivity index (χ1n) is 10.3. The molecule has 2 aromatic heterocycles. The maximum absolute atomic E-state index is 12.6. The van der Waals surface area contributed by atoms with Crippen LogP contribution < -0.4 is 10.1 Å². The van der Waals surface area contributed by atoms with Crippen molar-refractivity contribution < 1.29 is 9.53 Å². The van der Waals surface area contributed by atoms with Gasteiger partial charge in [-0.3, -0.25) is 4.79 Å². The van der Waals surface area contributed by atoms with E-state index in [4.69, 9.17) is 4.74 Å². The maximum Gasteiger partial charge on any atom is 0.235 e. The fourth-order valence-corrected chi connectivity index (χ4v) is 5.97. The van der Waals surface area contributed by atoms with E-state index in [0.29, 0.717) is 21.6 Å². The molecule has 3 aromatic rings. The molecule has 0 unspecified atom stereocenters. The number of aromatic nitrogens is 2. The SMILES string of the molecule is COc1ccc2nc(SCC(=O)Nc3sc4c(c3C#N)CC[C@@H](C(C)(C)C)C4)[nH]c2c1. The van der Waals surface area contributed by atoms with E-state index in [1.165, 1.54) is 16.6 Å². The van der Waals surface area contributed by atoms with Crippen molar-refractivity contribution in [2.24, 2.45) is 11.3 Å². The number of hydrogen-bond acceptors (Lipinski definition) is 6. The number of anilines is 1. The normalized spacial score (nSPS) is 16.0. The minimum Gasteiger partial charge on any atom is -0.497 e. The van der Waals surface area contributed by atoms with Gasteiger partial charge in [-0.15, -0.1) is 11.3 Å². The van der Waals surface area contributed by atoms with Gasteiger partial charge in [-0.25, -0.2) is 4.98 Å². The maximum atomic E-state index is 12.6. The van der Waals surface area contributed by atoms with Crippen molar-refractivity contribution in [2.75, 3.05) is 18.2 Å². The van der Waals surface area contributed by atoms with Crippen LogP contribution >= 0.6 is 23.1 Å². The summed E-state index contributed by atoms with van der Waals surface area (Å²) in [5.74, 6) is 1.43. The van der Waals surface area contributed by atoms with E-state index in [2.05, 4.69) is 42.1 Å². The zero-order chi connectivity index (χ0) is 22.2. The van der Waals surface area contributed by atoms with Crippen molar-refractivity contribution in [3.8, 4) is 11.8 Å². The quantitative estimate of drug-likeness (QED) is 0.505. The van der Waals surface area contributed by atoms with Crippen LogP contribution in [0.2, 0.25) is 0 Å². The van der Waals surface area contributed by atoms with Crippen LogP contribution in [0.15, 0.2) is 23.4 Å². The number of nitrogens with one attached hydrogen (secondary N) is 2. The van der Waals surface area contributed by atoms with E-state index in [0.717, 1.165) is 41.6 Å². The van der Waals surface area contributed by atoms with Gasteiger partial charge in [-0.05, 0) is 48.3 Å². The number of rotatable bonds is 5. The largest absolute Gasteiger partial charge is 0.497 e. The highest BCUT2D eigenvalue weighted by Gasteiger charge is 2.32. The number of ether oxygens (including phenoxy) is 1. The summed E-state index contributed by atoms with van der Waals surface area (Å²) in [6.07, 6.45) is 2.97. The number of nitrogens with zero attached hydrogens (tertiary/aromatic N) is 2. The molecule has 0 aliphatic heterocycles. The Hall–Kier alpha value is -2.50. The van der Waals surface area contributed by atoms with Gasteiger partial charge in [0, 0.05) is 10.9 Å². The third-order valence-electron chi connectivity index (χ3n) is 5.86. The number of aromatic amines is 1. The molecule has 1 atom stereocenters. The molecule has 2 heterocycles. The lowest BCUT2D eigenvalue weighted by Gasteiger charge is -2.33. The topological polar surface area (TPSA) is 90.8 Å². The second kappa shape index (κ2) is 8.56. The van der Waals surface area contributed by atoms with Gasteiger partial charge in [0.15, 0.2) is 5.16 Å². The number of benzene rings is 1. The molecule has 0 bridgehead atoms. The second-order valence-electron chi connectivity index (χ2n) is 8.89. The van der Waals surface area contributed by atoms with Gasteiger partial charge in [0.1, 0.15) is 16.8 Å². The fourth-order valence-electron chi connectivity index (χ4n) is 3.99. The van der Waals surface area contributed by atoms with E-state index in [-0.39, 0.29) is 17.1 Å². The molecule has 1 amide bonds. The second-order valence-corrected chi connectivity index (χ2v) is 11.0. The third kappa shape index (κ3) is 4.58. The lowest BCUT2D eigenvalue weighted by molar-refractivity contribution is -0.113. The van der Waals surface area contributed by atoms with Crippen molar-refractivity contribution in [1.82, 2.24) is 9.97 Å². The van der Waals surface area contributed by atoms with Crippen LogP contribution in [-0.2, 0) is 17.6 Å². The standard InChI is InChI=1S/C23H26N4O2S2/c1-23(2,3)13-5-7-15-16(11-24)21(31-19(15)9-13)27-20(28)12-30-22-25-17-8-6-14(29-4)10-18(17)26-22/h6,8,10,13H,5,7,9,12H2,1-4H3,(H,25,26)(H,27,28)/t13-/m1/s1. The molecule has 0 saturated heterocycles. The van der Waals surface area contributed by atoms with Crippen LogP contribution in [-0.4, -0.2) is 28.7 Å². The number of carbonyl (C=O) groups excluding carboxylic acids is 1. The van der Waals surface area contributed by atoms with Gasteiger partial charge in [0.05, 0.1) is 29.5 Å². The van der Waals surface area contributed by atoms with Crippen molar-refractivity contribution in [3.63, 3.8) is 0 Å². The highest BCUT2D eigenvalue weighted by atomic mass is 32.2. The molecule has 162 valence electrons. The average molecular weight is 455 g/mol. The van der Waals surface area contributed by atoms with Gasteiger partial charge in [-0.2, -0.15) is 5.26 Å². The summed E-state index contributed by atoms with van der Waals surface area (Å²) in [5, 5.41) is 14.0. The Morgan fingerprint density at radius 1 is 1.45 bits per heavy atom. The van der Waals surface area contributed by atoms with E-state index in [9.17, 15) is 10.1 Å². The minimum atomic E-state index is -0.134. The van der Waals surface area contributed by atoms with E-state index in [1.807, 2.05) is 18.2 Å². The van der Waals surface area contributed by atoms with E-state index >= 15 is 0 Å². The Morgan fingerprint density at radius 2 is 2.26 bits per heavy atom. The number of nitriles is 1. The van der Waals surface area contributed by atoms with E-state index in [1.54, 1.807) is 18.4 Å². The molecule has 0 fully saturated rings. The summed E-state index contributed by atoms with van der Waals surface area (Å²) in [6.45, 7) is 6.82. The lowest BCUT2D eigenvalue weighted by atomic mass is 9.72. The number of thioether (sulfide) groups is 1. The number of fused-ring (bicyclic) bond motifs is 2. The van der Waals surface area contributed by atoms with Gasteiger partial charge in [0.25, 0.3) is 0 Å². The number of imidazole rings is 1. The van der Waals surface area contributed by atoms with Crippen LogP contribution in [0.4, 0.5) is 5.00 Å². The predicted octanol–water partition coefficient (Wildman–Crippen LogP) is 5.39. The molecular weight excluding hydrogens is 428 g/mol. The molecule has 6 nitrogen and oxygen atoms in total. The van der Waals surface area contributed by atoms with Crippen LogP contribution in [0.1, 0.15) is 43.2 Å². The van der Waals surface area contributed by atoms with E-state index < -0.39 is 0 Å². The Morgan fingerprint density at radius 3 is 2.97 bits per heavy atom. The lowest BCUT2D eigenvalue weighted by Crippen LogP contribution is -2.26. The van der Waals surface area contributed by atoms with Crippen molar-refractivity contribution in [2.45, 2.75) is 45.2 Å². The Kier molecular flexibility index (Phi) is 6.00. The highest BCUT2D eigenvalue weighted by Crippen LogP contribution is 2.44. The number of methoxy groups -OCH3 is 1.